The first kappa shape index (κ1) is 21.4. The lowest BCUT2D eigenvalue weighted by Crippen LogP contribution is -2.42. The summed E-state index contributed by atoms with van der Waals surface area (Å²) in [6.45, 7) is 0. The van der Waals surface area contributed by atoms with Crippen molar-refractivity contribution in [3.63, 3.8) is 0 Å². The lowest BCUT2D eigenvalue weighted by molar-refractivity contribution is 0.0882. The maximum absolute atomic E-state index is 13.6. The Labute approximate surface area is 209 Å². The van der Waals surface area contributed by atoms with Crippen molar-refractivity contribution in [2.24, 2.45) is 5.92 Å². The molecule has 0 bridgehead atoms. The normalized spacial score (nSPS) is 22.7. The molecule has 5 N–H and O–H groups in total. The van der Waals surface area contributed by atoms with Crippen molar-refractivity contribution < 1.29 is 39.9 Å². The molecule has 3 aromatic carbocycles. The molecular weight excluding hydrogens is 476 g/mol. The molecule has 37 heavy (non-hydrogen) atoms. The van der Waals surface area contributed by atoms with Crippen LogP contribution in [-0.2, 0) is 5.41 Å². The highest BCUT2D eigenvalue weighted by atomic mass is 16.3. The Morgan fingerprint density at radius 1 is 0.703 bits per heavy atom. The number of carbonyl (C=O) groups excluding carboxylic acids is 3. The van der Waals surface area contributed by atoms with Crippen LogP contribution in [0.25, 0.3) is 11.1 Å². The van der Waals surface area contributed by atoms with Crippen LogP contribution in [0.2, 0.25) is 0 Å². The monoisotopic (exact) mass is 494 g/mol. The van der Waals surface area contributed by atoms with Crippen molar-refractivity contribution in [1.82, 2.24) is 0 Å². The summed E-state index contributed by atoms with van der Waals surface area (Å²) in [6.07, 6.45) is 2.44. The summed E-state index contributed by atoms with van der Waals surface area (Å²) >= 11 is 0. The van der Waals surface area contributed by atoms with Gasteiger partial charge >= 0.3 is 0 Å². The van der Waals surface area contributed by atoms with Crippen molar-refractivity contribution in [1.29, 1.82) is 0 Å². The summed E-state index contributed by atoms with van der Waals surface area (Å²) in [6, 6.07) is 8.05. The first-order valence-electron chi connectivity index (χ1n) is 11.7. The van der Waals surface area contributed by atoms with E-state index in [4.69, 9.17) is 0 Å². The van der Waals surface area contributed by atoms with Gasteiger partial charge in [0, 0.05) is 36.1 Å². The second-order valence-corrected chi connectivity index (χ2v) is 9.87. The van der Waals surface area contributed by atoms with E-state index in [-0.39, 0.29) is 63.5 Å². The van der Waals surface area contributed by atoms with Crippen LogP contribution in [0.15, 0.2) is 48.6 Å². The van der Waals surface area contributed by atoms with Crippen LogP contribution in [0.4, 0.5) is 0 Å². The van der Waals surface area contributed by atoms with Crippen molar-refractivity contribution >= 4 is 28.5 Å². The molecule has 0 aromatic heterocycles. The van der Waals surface area contributed by atoms with E-state index < -0.39 is 40.2 Å². The van der Waals surface area contributed by atoms with Crippen LogP contribution in [0, 0.1) is 5.92 Å². The third-order valence-electron chi connectivity index (χ3n) is 8.13. The number of hydrogen-bond donors (Lipinski definition) is 5. The van der Waals surface area contributed by atoms with Crippen LogP contribution in [0.5, 0.6) is 28.7 Å². The number of allylic oxidation sites excluding steroid dienone is 4. The molecule has 4 aliphatic rings. The molecule has 7 rings (SSSR count). The van der Waals surface area contributed by atoms with Gasteiger partial charge in [-0.05, 0) is 46.4 Å². The Morgan fingerprint density at radius 3 is 2.16 bits per heavy atom. The predicted octanol–water partition coefficient (Wildman–Crippen LogP) is 3.97. The number of phenolic OH excluding ortho intramolecular Hbond substituents is 5. The minimum absolute atomic E-state index is 0.0325. The number of ketones is 3. The topological polar surface area (TPSA) is 152 Å². The first-order valence-corrected chi connectivity index (χ1v) is 11.7. The summed E-state index contributed by atoms with van der Waals surface area (Å²) in [7, 11) is 0. The molecule has 0 radical (unpaired) electrons. The SMILES string of the molecule is O=C1C[C@H]2CC(=O)c3c(O)cc(O)cc3[C@@]23C(=C2C=CC(=O)c4c(O)cc(O)c3c42)c2cccc(O)c21. The number of phenols is 5. The predicted molar refractivity (Wildman–Crippen MR) is 130 cm³/mol. The van der Waals surface area contributed by atoms with Gasteiger partial charge in [-0.3, -0.25) is 14.4 Å². The Balaban J connectivity index is 1.79. The van der Waals surface area contributed by atoms with Gasteiger partial charge in [0.15, 0.2) is 17.3 Å². The van der Waals surface area contributed by atoms with Gasteiger partial charge in [0.2, 0.25) is 0 Å². The minimum atomic E-state index is -1.47. The van der Waals surface area contributed by atoms with E-state index in [9.17, 15) is 39.9 Å². The largest absolute Gasteiger partial charge is 0.508 e. The Morgan fingerprint density at radius 2 is 1.41 bits per heavy atom. The maximum atomic E-state index is 13.6. The van der Waals surface area contributed by atoms with E-state index in [0.717, 1.165) is 12.1 Å². The zero-order valence-electron chi connectivity index (χ0n) is 19.1. The molecule has 0 unspecified atom stereocenters. The third-order valence-corrected chi connectivity index (χ3v) is 8.13. The number of carbonyl (C=O) groups is 3. The van der Waals surface area contributed by atoms with E-state index >= 15 is 0 Å². The van der Waals surface area contributed by atoms with E-state index in [2.05, 4.69) is 0 Å². The Kier molecular flexibility index (Phi) is 3.86. The lowest BCUT2D eigenvalue weighted by Gasteiger charge is -2.44. The first-order chi connectivity index (χ1) is 17.7. The molecule has 2 atom stereocenters. The zero-order chi connectivity index (χ0) is 26.0. The van der Waals surface area contributed by atoms with Gasteiger partial charge in [-0.1, -0.05) is 18.2 Å². The Bertz CT molecular complexity index is 1740. The van der Waals surface area contributed by atoms with Gasteiger partial charge < -0.3 is 25.5 Å². The van der Waals surface area contributed by atoms with Crippen LogP contribution >= 0.6 is 0 Å². The van der Waals surface area contributed by atoms with Gasteiger partial charge in [-0.25, -0.2) is 0 Å². The molecule has 0 saturated heterocycles. The molecule has 8 heteroatoms. The summed E-state index contributed by atoms with van der Waals surface area (Å²) in [4.78, 5) is 39.9. The molecule has 182 valence electrons. The molecule has 8 nitrogen and oxygen atoms in total. The van der Waals surface area contributed by atoms with E-state index in [1.165, 1.54) is 24.3 Å². The molecule has 0 heterocycles. The zero-order valence-corrected chi connectivity index (χ0v) is 19.1. The van der Waals surface area contributed by atoms with Gasteiger partial charge in [0.05, 0.1) is 22.1 Å². The number of benzene rings is 3. The van der Waals surface area contributed by atoms with Crippen molar-refractivity contribution in [2.45, 2.75) is 18.3 Å². The molecule has 0 fully saturated rings. The van der Waals surface area contributed by atoms with E-state index in [1.54, 1.807) is 12.1 Å². The third kappa shape index (κ3) is 2.35. The summed E-state index contributed by atoms with van der Waals surface area (Å²) < 4.78 is 0. The number of hydrogen-bond acceptors (Lipinski definition) is 8. The standard InChI is InChI=1S/C29H18O8/c30-12-8-15-25(20(35)9-12)19(34)7-11-6-18(33)23-13(2-1-3-16(23)31)27-14-4-5-17(32)26-21(36)10-22(37)28(24(14)26)29(11,15)27/h1-5,8-11,30-31,35-37H,6-7H2/t11-,29+/m0/s1. The average Bonchev–Trinajstić information content (AvgIpc) is 3.07. The van der Waals surface area contributed by atoms with Crippen LogP contribution in [0.3, 0.4) is 0 Å². The second-order valence-electron chi connectivity index (χ2n) is 9.87. The number of Topliss-reactive ketones (excluding diaryl/α,β-unsaturated/α-hetero) is 2. The number of rotatable bonds is 0. The van der Waals surface area contributed by atoms with Gasteiger partial charge in [-0.15, -0.1) is 0 Å². The molecular formula is C29H18O8. The van der Waals surface area contributed by atoms with Crippen molar-refractivity contribution in [2.75, 3.05) is 0 Å². The highest BCUT2D eigenvalue weighted by Gasteiger charge is 2.60. The summed E-state index contributed by atoms with van der Waals surface area (Å²) in [5.74, 6) is -3.97. The Hall–Kier alpha value is -4.85. The summed E-state index contributed by atoms with van der Waals surface area (Å²) in [5.41, 5.74) is 0.336. The number of aromatic hydroxyl groups is 5. The van der Waals surface area contributed by atoms with Gasteiger partial charge in [0.1, 0.15) is 28.7 Å². The molecule has 3 aromatic rings. The molecule has 0 aliphatic heterocycles. The highest BCUT2D eigenvalue weighted by molar-refractivity contribution is 6.24. The van der Waals surface area contributed by atoms with Gasteiger partial charge in [0.25, 0.3) is 0 Å². The van der Waals surface area contributed by atoms with E-state index in [1.807, 2.05) is 0 Å². The second kappa shape index (κ2) is 6.67. The molecule has 1 spiro atoms. The van der Waals surface area contributed by atoms with Gasteiger partial charge in [-0.2, -0.15) is 0 Å². The smallest absolute Gasteiger partial charge is 0.190 e. The summed E-state index contributed by atoms with van der Waals surface area (Å²) in [5, 5.41) is 54.2. The van der Waals surface area contributed by atoms with Crippen molar-refractivity contribution in [3.8, 4) is 28.7 Å². The van der Waals surface area contributed by atoms with Crippen LogP contribution in [-0.4, -0.2) is 42.9 Å². The fourth-order valence-electron chi connectivity index (χ4n) is 6.99. The quantitative estimate of drug-likeness (QED) is 0.315. The molecule has 0 saturated carbocycles. The van der Waals surface area contributed by atoms with E-state index in [0.29, 0.717) is 16.7 Å². The fraction of sp³-hybridized carbons (Fsp3) is 0.138. The van der Waals surface area contributed by atoms with Crippen LogP contribution in [0.1, 0.15) is 66.2 Å². The van der Waals surface area contributed by atoms with Crippen LogP contribution < -0.4 is 0 Å². The molecule has 4 aliphatic carbocycles. The number of fused-ring (bicyclic) bond motifs is 3. The fourth-order valence-corrected chi connectivity index (χ4v) is 6.99. The van der Waals surface area contributed by atoms with Crippen molar-refractivity contribution in [3.05, 3.63) is 87.5 Å². The minimum Gasteiger partial charge on any atom is -0.508 e. The highest BCUT2D eigenvalue weighted by Crippen LogP contribution is 2.68. The molecule has 0 amide bonds. The average molecular weight is 494 g/mol. The maximum Gasteiger partial charge on any atom is 0.190 e. The lowest BCUT2D eigenvalue weighted by atomic mass is 9.56.